The van der Waals surface area contributed by atoms with E-state index in [0.717, 1.165) is 37.0 Å². The van der Waals surface area contributed by atoms with Crippen LogP contribution in [0.4, 0.5) is 4.39 Å². The van der Waals surface area contributed by atoms with Crippen molar-refractivity contribution < 1.29 is 27.1 Å². The van der Waals surface area contributed by atoms with Crippen molar-refractivity contribution >= 4 is 43.5 Å². The summed E-state index contributed by atoms with van der Waals surface area (Å²) in [7, 11) is -3.63. The Bertz CT molecular complexity index is 1400. The number of ether oxygens (including phenoxy) is 1. The zero-order valence-electron chi connectivity index (χ0n) is 19.3. The number of hydrogen-bond donors (Lipinski definition) is 0. The minimum atomic E-state index is -3.63. The van der Waals surface area contributed by atoms with Gasteiger partial charge in [0.2, 0.25) is 10.0 Å². The van der Waals surface area contributed by atoms with Gasteiger partial charge in [-0.05, 0) is 62.2 Å². The number of thiazole rings is 1. The predicted molar refractivity (Wildman–Crippen MR) is 130 cm³/mol. The van der Waals surface area contributed by atoms with E-state index in [1.807, 2.05) is 0 Å². The Morgan fingerprint density at radius 3 is 2.40 bits per heavy atom. The lowest BCUT2D eigenvalue weighted by atomic mass is 10.2. The van der Waals surface area contributed by atoms with E-state index in [2.05, 4.69) is 4.99 Å². The number of carbonyl (C=O) groups is 2. The van der Waals surface area contributed by atoms with Gasteiger partial charge in [0.15, 0.2) is 4.80 Å². The van der Waals surface area contributed by atoms with Crippen LogP contribution in [0.1, 0.15) is 43.0 Å². The Morgan fingerprint density at radius 2 is 1.74 bits per heavy atom. The summed E-state index contributed by atoms with van der Waals surface area (Å²) < 4.78 is 48.2. The molecule has 1 aliphatic heterocycles. The van der Waals surface area contributed by atoms with Gasteiger partial charge in [-0.15, -0.1) is 0 Å². The van der Waals surface area contributed by atoms with E-state index in [1.54, 1.807) is 6.92 Å². The monoisotopic (exact) mass is 519 g/mol. The fraction of sp³-hybridized carbons (Fsp3) is 0.375. The number of aromatic nitrogens is 1. The number of hydrogen-bond acceptors (Lipinski definition) is 6. The lowest BCUT2D eigenvalue weighted by Gasteiger charge is -2.19. The number of benzene rings is 2. The molecule has 1 saturated heterocycles. The Labute approximate surface area is 206 Å². The van der Waals surface area contributed by atoms with Gasteiger partial charge in [-0.25, -0.2) is 12.8 Å². The van der Waals surface area contributed by atoms with E-state index in [1.165, 1.54) is 51.3 Å². The molecule has 1 aliphatic rings. The fourth-order valence-electron chi connectivity index (χ4n) is 3.97. The zero-order chi connectivity index (χ0) is 25.0. The first-order chi connectivity index (χ1) is 16.8. The molecule has 35 heavy (non-hydrogen) atoms. The summed E-state index contributed by atoms with van der Waals surface area (Å²) in [6, 6.07) is 9.79. The first-order valence-corrected chi connectivity index (χ1v) is 13.7. The molecule has 0 saturated carbocycles. The van der Waals surface area contributed by atoms with Crippen molar-refractivity contribution in [3.8, 4) is 0 Å². The summed E-state index contributed by atoms with van der Waals surface area (Å²) in [6.07, 6.45) is 3.70. The molecule has 3 aromatic rings. The van der Waals surface area contributed by atoms with Gasteiger partial charge in [0.05, 0.1) is 21.7 Å². The highest BCUT2D eigenvalue weighted by atomic mass is 32.2. The van der Waals surface area contributed by atoms with E-state index in [9.17, 15) is 22.4 Å². The molecule has 0 aliphatic carbocycles. The number of esters is 1. The molecular weight excluding hydrogens is 493 g/mol. The highest BCUT2D eigenvalue weighted by Gasteiger charge is 2.25. The van der Waals surface area contributed by atoms with Crippen molar-refractivity contribution in [2.75, 3.05) is 19.7 Å². The summed E-state index contributed by atoms with van der Waals surface area (Å²) in [5, 5.41) is 0. The van der Waals surface area contributed by atoms with Gasteiger partial charge in [0.25, 0.3) is 5.91 Å². The van der Waals surface area contributed by atoms with Crippen molar-refractivity contribution in [1.29, 1.82) is 0 Å². The molecule has 11 heteroatoms. The highest BCUT2D eigenvalue weighted by Crippen LogP contribution is 2.22. The second-order valence-electron chi connectivity index (χ2n) is 8.15. The topological polar surface area (TPSA) is 98.0 Å². The van der Waals surface area contributed by atoms with Gasteiger partial charge in [0.1, 0.15) is 12.4 Å². The fourth-order valence-corrected chi connectivity index (χ4v) is 6.54. The molecule has 8 nitrogen and oxygen atoms in total. The van der Waals surface area contributed by atoms with E-state index >= 15 is 0 Å². The largest absolute Gasteiger partial charge is 0.465 e. The molecule has 0 atom stereocenters. The van der Waals surface area contributed by atoms with Crippen LogP contribution in [0.15, 0.2) is 52.4 Å². The maximum atomic E-state index is 13.7. The third kappa shape index (κ3) is 5.68. The maximum absolute atomic E-state index is 13.7. The molecule has 0 bridgehead atoms. The van der Waals surface area contributed by atoms with Crippen LogP contribution in [0.3, 0.4) is 0 Å². The van der Waals surface area contributed by atoms with Crippen LogP contribution in [0.2, 0.25) is 0 Å². The Balaban J connectivity index is 1.64. The lowest BCUT2D eigenvalue weighted by Crippen LogP contribution is -2.31. The Morgan fingerprint density at radius 1 is 1.06 bits per heavy atom. The van der Waals surface area contributed by atoms with Gasteiger partial charge in [0, 0.05) is 18.7 Å². The minimum absolute atomic E-state index is 0.130. The third-order valence-electron chi connectivity index (χ3n) is 5.74. The van der Waals surface area contributed by atoms with Crippen molar-refractivity contribution in [3.63, 3.8) is 0 Å². The molecule has 0 spiro atoms. The molecule has 2 aromatic carbocycles. The average Bonchev–Trinajstić information content (AvgIpc) is 3.00. The van der Waals surface area contributed by atoms with Gasteiger partial charge in [-0.2, -0.15) is 9.30 Å². The highest BCUT2D eigenvalue weighted by molar-refractivity contribution is 7.89. The van der Waals surface area contributed by atoms with E-state index in [-0.39, 0.29) is 28.4 Å². The summed E-state index contributed by atoms with van der Waals surface area (Å²) >= 11 is 1.07. The number of fused-ring (bicyclic) bond motifs is 1. The summed E-state index contributed by atoms with van der Waals surface area (Å²) in [6.45, 7) is 2.69. The third-order valence-corrected chi connectivity index (χ3v) is 8.69. The van der Waals surface area contributed by atoms with Crippen LogP contribution < -0.4 is 4.80 Å². The predicted octanol–water partition coefficient (Wildman–Crippen LogP) is 3.71. The molecule has 1 aromatic heterocycles. The first-order valence-electron chi connectivity index (χ1n) is 11.4. The summed E-state index contributed by atoms with van der Waals surface area (Å²) in [5.74, 6) is -1.55. The summed E-state index contributed by atoms with van der Waals surface area (Å²) in [5.41, 5.74) is 0.751. The van der Waals surface area contributed by atoms with Crippen molar-refractivity contribution in [2.24, 2.45) is 4.99 Å². The van der Waals surface area contributed by atoms with Gasteiger partial charge >= 0.3 is 5.97 Å². The standard InChI is InChI=1S/C24H26FN3O5S2/c1-2-33-22(29)16-28-20-12-9-18(25)15-21(20)34-24(28)26-23(30)17-7-10-19(11-8-17)35(31,32)27-13-5-3-4-6-14-27/h7-12,15H,2-6,13-14,16H2,1H3. The number of sulfonamides is 1. The normalized spacial score (nSPS) is 15.8. The molecular formula is C24H26FN3O5S2. The molecule has 0 unspecified atom stereocenters. The van der Waals surface area contributed by atoms with Gasteiger partial charge in [-0.1, -0.05) is 24.2 Å². The van der Waals surface area contributed by atoms with Crippen LogP contribution in [0.25, 0.3) is 10.2 Å². The van der Waals surface area contributed by atoms with Crippen LogP contribution in [0, 0.1) is 5.82 Å². The lowest BCUT2D eigenvalue weighted by molar-refractivity contribution is -0.143. The molecule has 1 amide bonds. The maximum Gasteiger partial charge on any atom is 0.326 e. The van der Waals surface area contributed by atoms with Crippen molar-refractivity contribution in [3.05, 3.63) is 58.6 Å². The van der Waals surface area contributed by atoms with E-state index < -0.39 is 27.7 Å². The van der Waals surface area contributed by atoms with E-state index in [4.69, 9.17) is 4.74 Å². The molecule has 0 radical (unpaired) electrons. The minimum Gasteiger partial charge on any atom is -0.465 e. The molecule has 1 fully saturated rings. The SMILES string of the molecule is CCOC(=O)Cn1c(=NC(=O)c2ccc(S(=O)(=O)N3CCCCCC3)cc2)sc2cc(F)ccc21. The van der Waals surface area contributed by atoms with E-state index in [0.29, 0.717) is 23.3 Å². The number of carbonyl (C=O) groups excluding carboxylic acids is 2. The molecule has 0 N–H and O–H groups in total. The number of halogens is 1. The second-order valence-corrected chi connectivity index (χ2v) is 11.1. The van der Waals surface area contributed by atoms with Crippen LogP contribution in [-0.4, -0.2) is 48.9 Å². The second kappa shape index (κ2) is 10.8. The van der Waals surface area contributed by atoms with Crippen molar-refractivity contribution in [2.45, 2.75) is 44.0 Å². The van der Waals surface area contributed by atoms with Crippen molar-refractivity contribution in [1.82, 2.24) is 8.87 Å². The number of rotatable bonds is 6. The number of nitrogens with zero attached hydrogens (tertiary/aromatic N) is 3. The zero-order valence-corrected chi connectivity index (χ0v) is 20.9. The first kappa shape index (κ1) is 25.2. The van der Waals surface area contributed by atoms with Gasteiger partial charge < -0.3 is 9.30 Å². The smallest absolute Gasteiger partial charge is 0.326 e. The molecule has 186 valence electrons. The Hall–Kier alpha value is -2.89. The molecule has 4 rings (SSSR count). The molecule has 2 heterocycles. The number of amides is 1. The van der Waals surface area contributed by atoms with Crippen LogP contribution >= 0.6 is 11.3 Å². The Kier molecular flexibility index (Phi) is 7.78. The van der Waals surface area contributed by atoms with Crippen LogP contribution in [0.5, 0.6) is 0 Å². The quantitative estimate of drug-likeness (QED) is 0.463. The van der Waals surface area contributed by atoms with Gasteiger partial charge in [-0.3, -0.25) is 9.59 Å². The summed E-state index contributed by atoms with van der Waals surface area (Å²) in [4.78, 5) is 29.5. The average molecular weight is 520 g/mol. The van der Waals surface area contributed by atoms with Crippen LogP contribution in [-0.2, 0) is 26.1 Å².